The molecule has 0 aromatic carbocycles. The maximum Gasteiger partial charge on any atom is 0.322 e. The van der Waals surface area contributed by atoms with Gasteiger partial charge in [-0.15, -0.1) is 0 Å². The van der Waals surface area contributed by atoms with E-state index in [1.807, 2.05) is 13.8 Å². The molecule has 1 aliphatic rings. The number of hydrogen-bond acceptors (Lipinski definition) is 4. The summed E-state index contributed by atoms with van der Waals surface area (Å²) < 4.78 is 5.53. The number of carboxylic acid groups (broad SMARTS) is 1. The molecule has 1 fully saturated rings. The molecule has 0 spiro atoms. The molecular formula is C11H22N2O3. The van der Waals surface area contributed by atoms with E-state index in [4.69, 9.17) is 9.84 Å². The van der Waals surface area contributed by atoms with Crippen molar-refractivity contribution in [3.8, 4) is 0 Å². The summed E-state index contributed by atoms with van der Waals surface area (Å²) in [6.07, 6.45) is 1.17. The van der Waals surface area contributed by atoms with E-state index in [-0.39, 0.29) is 6.10 Å². The molecule has 16 heavy (non-hydrogen) atoms. The smallest absolute Gasteiger partial charge is 0.322 e. The van der Waals surface area contributed by atoms with Crippen LogP contribution in [0.3, 0.4) is 0 Å². The number of ether oxygens (including phenoxy) is 1. The van der Waals surface area contributed by atoms with Crippen molar-refractivity contribution in [1.29, 1.82) is 0 Å². The first-order chi connectivity index (χ1) is 7.63. The number of hydrogen-bond donors (Lipinski definition) is 2. The molecule has 0 saturated carbocycles. The van der Waals surface area contributed by atoms with E-state index in [0.29, 0.717) is 13.1 Å². The number of rotatable bonds is 5. The Balaban J connectivity index is 2.45. The van der Waals surface area contributed by atoms with Gasteiger partial charge in [0, 0.05) is 26.2 Å². The molecule has 2 unspecified atom stereocenters. The highest BCUT2D eigenvalue weighted by Crippen LogP contribution is 2.06. The summed E-state index contributed by atoms with van der Waals surface area (Å²) in [6.45, 7) is 7.68. The summed E-state index contributed by atoms with van der Waals surface area (Å²) in [6, 6.07) is -0.477. The van der Waals surface area contributed by atoms with Crippen LogP contribution in [0.15, 0.2) is 0 Å². The molecule has 2 atom stereocenters. The fraction of sp³-hybridized carbons (Fsp3) is 0.909. The average molecular weight is 230 g/mol. The maximum atomic E-state index is 11.0. The van der Waals surface area contributed by atoms with Crippen molar-refractivity contribution in [2.24, 2.45) is 0 Å². The minimum atomic E-state index is -0.778. The summed E-state index contributed by atoms with van der Waals surface area (Å²) in [5, 5.41) is 12.0. The van der Waals surface area contributed by atoms with Crippen molar-refractivity contribution in [3.05, 3.63) is 0 Å². The zero-order valence-electron chi connectivity index (χ0n) is 10.1. The van der Waals surface area contributed by atoms with Crippen molar-refractivity contribution in [1.82, 2.24) is 10.2 Å². The predicted octanol–water partition coefficient (Wildman–Crippen LogP) is 0.160. The molecule has 94 valence electrons. The van der Waals surface area contributed by atoms with Gasteiger partial charge in [-0.3, -0.25) is 9.69 Å². The molecule has 1 heterocycles. The van der Waals surface area contributed by atoms with E-state index in [1.54, 1.807) is 0 Å². The first kappa shape index (κ1) is 13.4. The minimum Gasteiger partial charge on any atom is -0.480 e. The van der Waals surface area contributed by atoms with E-state index >= 15 is 0 Å². The third-order valence-electron chi connectivity index (χ3n) is 2.73. The average Bonchev–Trinajstić information content (AvgIpc) is 2.42. The Bertz CT molecular complexity index is 223. The van der Waals surface area contributed by atoms with Crippen molar-refractivity contribution in [3.63, 3.8) is 0 Å². The summed E-state index contributed by atoms with van der Waals surface area (Å²) in [5.41, 5.74) is 0. The number of nitrogens with zero attached hydrogens (tertiary/aromatic N) is 1. The van der Waals surface area contributed by atoms with Crippen molar-refractivity contribution in [2.45, 2.75) is 32.4 Å². The fourth-order valence-corrected chi connectivity index (χ4v) is 1.98. The van der Waals surface area contributed by atoms with Crippen LogP contribution in [0.2, 0.25) is 0 Å². The number of likely N-dealkylation sites (N-methyl/N-ethyl adjacent to an activating group) is 1. The monoisotopic (exact) mass is 230 g/mol. The van der Waals surface area contributed by atoms with Gasteiger partial charge >= 0.3 is 5.97 Å². The van der Waals surface area contributed by atoms with E-state index in [9.17, 15) is 4.79 Å². The molecule has 5 heteroatoms. The van der Waals surface area contributed by atoms with Crippen LogP contribution in [-0.2, 0) is 9.53 Å². The zero-order chi connectivity index (χ0) is 12.0. The molecule has 1 aliphatic heterocycles. The van der Waals surface area contributed by atoms with Crippen molar-refractivity contribution >= 4 is 5.97 Å². The quantitative estimate of drug-likeness (QED) is 0.704. The van der Waals surface area contributed by atoms with Crippen molar-refractivity contribution in [2.75, 3.05) is 32.8 Å². The van der Waals surface area contributed by atoms with Gasteiger partial charge in [0.2, 0.25) is 0 Å². The highest BCUT2D eigenvalue weighted by atomic mass is 16.5. The van der Waals surface area contributed by atoms with Gasteiger partial charge in [-0.1, -0.05) is 6.92 Å². The summed E-state index contributed by atoms with van der Waals surface area (Å²) in [7, 11) is 0. The Labute approximate surface area is 96.8 Å². The Morgan fingerprint density at radius 2 is 2.44 bits per heavy atom. The van der Waals surface area contributed by atoms with E-state index in [0.717, 1.165) is 26.1 Å². The van der Waals surface area contributed by atoms with Gasteiger partial charge in [0.05, 0.1) is 6.10 Å². The molecular weight excluding hydrogens is 208 g/mol. The first-order valence-electron chi connectivity index (χ1n) is 5.93. The second-order valence-corrected chi connectivity index (χ2v) is 4.24. The normalized spacial score (nSPS) is 25.0. The second-order valence-electron chi connectivity index (χ2n) is 4.24. The van der Waals surface area contributed by atoms with Gasteiger partial charge in [0.25, 0.3) is 0 Å². The lowest BCUT2D eigenvalue weighted by atomic mass is 10.2. The maximum absolute atomic E-state index is 11.0. The molecule has 2 N–H and O–H groups in total. The number of carboxylic acids is 1. The van der Waals surface area contributed by atoms with Crippen LogP contribution < -0.4 is 5.32 Å². The summed E-state index contributed by atoms with van der Waals surface area (Å²) >= 11 is 0. The van der Waals surface area contributed by atoms with Gasteiger partial charge in [-0.05, 0) is 19.9 Å². The first-order valence-corrected chi connectivity index (χ1v) is 5.93. The third-order valence-corrected chi connectivity index (χ3v) is 2.73. The highest BCUT2D eigenvalue weighted by Gasteiger charge is 2.22. The third kappa shape index (κ3) is 4.47. The standard InChI is InChI=1S/C11H22N2O3/c1-3-12-10(11(14)15)8-13-5-4-6-16-9(2)7-13/h9-10,12H,3-8H2,1-2H3,(H,14,15). The van der Waals surface area contributed by atoms with Crippen molar-refractivity contribution < 1.29 is 14.6 Å². The van der Waals surface area contributed by atoms with Gasteiger partial charge in [0.15, 0.2) is 0 Å². The Kier molecular flexibility index (Phi) is 5.73. The number of carbonyl (C=O) groups is 1. The molecule has 0 aromatic heterocycles. The predicted molar refractivity (Wildman–Crippen MR) is 61.6 cm³/mol. The molecule has 0 radical (unpaired) electrons. The SMILES string of the molecule is CCNC(CN1CCCOC(C)C1)C(=O)O. The Hall–Kier alpha value is -0.650. The van der Waals surface area contributed by atoms with Crippen LogP contribution in [0.4, 0.5) is 0 Å². The highest BCUT2D eigenvalue weighted by molar-refractivity contribution is 5.73. The lowest BCUT2D eigenvalue weighted by Gasteiger charge is -2.25. The molecule has 0 aromatic rings. The van der Waals surface area contributed by atoms with Crippen LogP contribution in [0.1, 0.15) is 20.3 Å². The van der Waals surface area contributed by atoms with Gasteiger partial charge in [0.1, 0.15) is 6.04 Å². The lowest BCUT2D eigenvalue weighted by Crippen LogP contribution is -2.47. The lowest BCUT2D eigenvalue weighted by molar-refractivity contribution is -0.140. The minimum absolute atomic E-state index is 0.193. The number of nitrogens with one attached hydrogen (secondary N) is 1. The van der Waals surface area contributed by atoms with Crippen LogP contribution in [0, 0.1) is 0 Å². The van der Waals surface area contributed by atoms with E-state index in [1.165, 1.54) is 0 Å². The van der Waals surface area contributed by atoms with Crippen LogP contribution in [0.5, 0.6) is 0 Å². The van der Waals surface area contributed by atoms with Crippen LogP contribution >= 0.6 is 0 Å². The summed E-state index contributed by atoms with van der Waals surface area (Å²) in [4.78, 5) is 13.2. The second kappa shape index (κ2) is 6.83. The summed E-state index contributed by atoms with van der Waals surface area (Å²) in [5.74, 6) is -0.778. The largest absolute Gasteiger partial charge is 0.480 e. The van der Waals surface area contributed by atoms with Crippen LogP contribution in [0.25, 0.3) is 0 Å². The molecule has 0 bridgehead atoms. The molecule has 5 nitrogen and oxygen atoms in total. The van der Waals surface area contributed by atoms with Crippen LogP contribution in [-0.4, -0.2) is 60.9 Å². The fourth-order valence-electron chi connectivity index (χ4n) is 1.98. The molecule has 1 rings (SSSR count). The molecule has 1 saturated heterocycles. The van der Waals surface area contributed by atoms with Gasteiger partial charge in [-0.25, -0.2) is 0 Å². The zero-order valence-corrected chi connectivity index (χ0v) is 10.1. The van der Waals surface area contributed by atoms with Gasteiger partial charge in [-0.2, -0.15) is 0 Å². The topological polar surface area (TPSA) is 61.8 Å². The van der Waals surface area contributed by atoms with E-state index in [2.05, 4.69) is 10.2 Å². The van der Waals surface area contributed by atoms with E-state index < -0.39 is 12.0 Å². The molecule has 0 aliphatic carbocycles. The van der Waals surface area contributed by atoms with Gasteiger partial charge < -0.3 is 15.2 Å². The Morgan fingerprint density at radius 1 is 1.69 bits per heavy atom. The Morgan fingerprint density at radius 3 is 3.06 bits per heavy atom. The molecule has 0 amide bonds. The number of aliphatic carboxylic acids is 1.